The van der Waals surface area contributed by atoms with Crippen LogP contribution in [0.25, 0.3) is 22.4 Å². The molecule has 1 aromatic heterocycles. The Balaban J connectivity index is 1.31. The molecule has 0 radical (unpaired) electrons. The monoisotopic (exact) mass is 533 g/mol. The average molecular weight is 534 g/mol. The minimum absolute atomic E-state index is 0.215. The van der Waals surface area contributed by atoms with Crippen LogP contribution < -0.4 is 9.47 Å². The first-order valence-corrected chi connectivity index (χ1v) is 14.0. The number of rotatable bonds is 7. The number of hydrogen-bond donors (Lipinski definition) is 1. The van der Waals surface area contributed by atoms with E-state index in [1.54, 1.807) is 30.7 Å². The Morgan fingerprint density at radius 1 is 1.05 bits per heavy atom. The zero-order chi connectivity index (χ0) is 27.6. The Hall–Kier alpha value is -4.16. The van der Waals surface area contributed by atoms with Crippen molar-refractivity contribution in [1.82, 2.24) is 14.9 Å². The van der Waals surface area contributed by atoms with Gasteiger partial charge in [-0.2, -0.15) is 0 Å². The van der Waals surface area contributed by atoms with Crippen LogP contribution in [-0.4, -0.2) is 45.7 Å². The molecule has 3 heterocycles. The van der Waals surface area contributed by atoms with E-state index in [0.29, 0.717) is 12.6 Å². The second-order valence-electron chi connectivity index (χ2n) is 11.0. The van der Waals surface area contributed by atoms with Crippen molar-refractivity contribution in [2.24, 2.45) is 5.92 Å². The Morgan fingerprint density at radius 2 is 1.88 bits per heavy atom. The second-order valence-corrected chi connectivity index (χ2v) is 11.0. The van der Waals surface area contributed by atoms with Crippen molar-refractivity contribution in [3.05, 3.63) is 102 Å². The molecule has 2 aliphatic heterocycles. The van der Waals surface area contributed by atoms with Crippen molar-refractivity contribution in [3.63, 3.8) is 0 Å². The Morgan fingerprint density at radius 3 is 2.62 bits per heavy atom. The van der Waals surface area contributed by atoms with Gasteiger partial charge >= 0.3 is 0 Å². The third-order valence-corrected chi connectivity index (χ3v) is 8.06. The number of allylic oxidation sites excluding steroid dienone is 1. The van der Waals surface area contributed by atoms with Gasteiger partial charge in [0.25, 0.3) is 0 Å². The van der Waals surface area contributed by atoms with Gasteiger partial charge in [-0.3, -0.25) is 14.9 Å². The van der Waals surface area contributed by atoms with E-state index in [0.717, 1.165) is 69.6 Å². The fourth-order valence-corrected chi connectivity index (χ4v) is 5.77. The molecule has 6 nitrogen and oxygen atoms in total. The van der Waals surface area contributed by atoms with Crippen LogP contribution in [0.4, 0.5) is 0 Å². The van der Waals surface area contributed by atoms with Gasteiger partial charge in [0.1, 0.15) is 30.0 Å². The van der Waals surface area contributed by atoms with E-state index in [2.05, 4.69) is 59.9 Å². The fourth-order valence-electron chi connectivity index (χ4n) is 5.77. The molecule has 0 amide bonds. The summed E-state index contributed by atoms with van der Waals surface area (Å²) in [4.78, 5) is 11.2. The van der Waals surface area contributed by atoms with Crippen molar-refractivity contribution in [1.29, 1.82) is 0 Å². The molecule has 1 N–H and O–H groups in total. The highest BCUT2D eigenvalue weighted by molar-refractivity contribution is 5.96. The zero-order valence-corrected chi connectivity index (χ0v) is 23.2. The summed E-state index contributed by atoms with van der Waals surface area (Å²) in [6.07, 6.45) is 6.09. The number of phenolic OH excluding ortho intramolecular Hbond substituents is 1. The Labute approximate surface area is 236 Å². The quantitative estimate of drug-likeness (QED) is 0.275. The van der Waals surface area contributed by atoms with E-state index in [1.165, 1.54) is 6.42 Å². The van der Waals surface area contributed by atoms with Crippen LogP contribution in [0, 0.1) is 5.92 Å². The van der Waals surface area contributed by atoms with Gasteiger partial charge in [-0.05, 0) is 85.8 Å². The number of phenols is 1. The maximum atomic E-state index is 10.2. The first-order valence-electron chi connectivity index (χ1n) is 14.0. The highest BCUT2D eigenvalue weighted by Crippen LogP contribution is 2.47. The summed E-state index contributed by atoms with van der Waals surface area (Å²) < 4.78 is 12.8. The maximum absolute atomic E-state index is 10.2. The molecule has 1 saturated heterocycles. The Bertz CT molecular complexity index is 1520. The van der Waals surface area contributed by atoms with Crippen LogP contribution in [0.3, 0.4) is 0 Å². The molecule has 2 aliphatic rings. The number of fused-ring (bicyclic) bond motifs is 1. The normalized spacial score (nSPS) is 19.7. The molecule has 0 saturated carbocycles. The second kappa shape index (κ2) is 11.1. The number of hydrogen-bond acceptors (Lipinski definition) is 6. The smallest absolute Gasteiger partial charge is 0.150 e. The van der Waals surface area contributed by atoms with Gasteiger partial charge in [0.05, 0.1) is 11.9 Å². The molecule has 3 unspecified atom stereocenters. The number of likely N-dealkylation sites (tertiary alicyclic amines) is 1. The minimum Gasteiger partial charge on any atom is -0.508 e. The van der Waals surface area contributed by atoms with Crippen molar-refractivity contribution in [2.75, 3.05) is 19.7 Å². The number of aromatic hydroxyl groups is 1. The third kappa shape index (κ3) is 5.32. The van der Waals surface area contributed by atoms with Gasteiger partial charge in [-0.15, -0.1) is 0 Å². The standard InChI is InChI=1S/C34H35N3O3/c1-22-13-16-37(20-22)23(2)21-39-29-10-7-25(8-11-29)34-33(24(3)30-18-28(38)9-12-32(30)40-34)27-6-4-5-26(17-27)31-19-35-14-15-36-31/h4-12,14-15,17-19,22-23,34,38H,13,16,20-21H2,1-3H3. The predicted molar refractivity (Wildman–Crippen MR) is 158 cm³/mol. The summed E-state index contributed by atoms with van der Waals surface area (Å²) in [6.45, 7) is 9.62. The van der Waals surface area contributed by atoms with Crippen molar-refractivity contribution < 1.29 is 14.6 Å². The average Bonchev–Trinajstić information content (AvgIpc) is 3.43. The number of ether oxygens (including phenoxy) is 2. The van der Waals surface area contributed by atoms with E-state index in [4.69, 9.17) is 9.47 Å². The lowest BCUT2D eigenvalue weighted by Gasteiger charge is -2.31. The Kier molecular flexibility index (Phi) is 7.27. The maximum Gasteiger partial charge on any atom is 0.150 e. The predicted octanol–water partition coefficient (Wildman–Crippen LogP) is 7.02. The molecule has 0 bridgehead atoms. The van der Waals surface area contributed by atoms with Crippen molar-refractivity contribution in [3.8, 4) is 28.5 Å². The number of benzene rings is 3. The molecule has 0 spiro atoms. The zero-order valence-electron chi connectivity index (χ0n) is 23.2. The summed E-state index contributed by atoms with van der Waals surface area (Å²) >= 11 is 0. The highest BCUT2D eigenvalue weighted by Gasteiger charge is 2.30. The van der Waals surface area contributed by atoms with Gasteiger partial charge in [0, 0.05) is 41.7 Å². The van der Waals surface area contributed by atoms with E-state index < -0.39 is 0 Å². The van der Waals surface area contributed by atoms with Gasteiger partial charge in [0.2, 0.25) is 0 Å². The minimum atomic E-state index is -0.326. The first kappa shape index (κ1) is 26.1. The van der Waals surface area contributed by atoms with Crippen molar-refractivity contribution >= 4 is 11.1 Å². The van der Waals surface area contributed by atoms with Crippen LogP contribution >= 0.6 is 0 Å². The topological polar surface area (TPSA) is 67.7 Å². The molecule has 6 heteroatoms. The lowest BCUT2D eigenvalue weighted by atomic mass is 9.85. The summed E-state index contributed by atoms with van der Waals surface area (Å²) in [5, 5.41) is 10.2. The number of aromatic nitrogens is 2. The first-order chi connectivity index (χ1) is 19.5. The molecule has 6 rings (SSSR count). The lowest BCUT2D eigenvalue weighted by molar-refractivity contribution is 0.169. The van der Waals surface area contributed by atoms with Crippen LogP contribution in [0.1, 0.15) is 50.0 Å². The third-order valence-electron chi connectivity index (χ3n) is 8.06. The number of nitrogens with zero attached hydrogens (tertiary/aromatic N) is 3. The van der Waals surface area contributed by atoms with Gasteiger partial charge < -0.3 is 14.6 Å². The fraction of sp³-hybridized carbons (Fsp3) is 0.294. The summed E-state index contributed by atoms with van der Waals surface area (Å²) in [7, 11) is 0. The van der Waals surface area contributed by atoms with E-state index in [-0.39, 0.29) is 11.9 Å². The molecule has 204 valence electrons. The van der Waals surface area contributed by atoms with E-state index in [9.17, 15) is 5.11 Å². The molecular weight excluding hydrogens is 498 g/mol. The SMILES string of the molecule is CC1=C(c2cccc(-c3cnccn3)c2)C(c2ccc(OCC(C)N3CCC(C)C3)cc2)Oc2ccc(O)cc21. The van der Waals surface area contributed by atoms with Crippen LogP contribution in [0.2, 0.25) is 0 Å². The lowest BCUT2D eigenvalue weighted by Crippen LogP contribution is -2.35. The van der Waals surface area contributed by atoms with Crippen molar-refractivity contribution in [2.45, 2.75) is 39.3 Å². The molecule has 40 heavy (non-hydrogen) atoms. The molecular formula is C34H35N3O3. The highest BCUT2D eigenvalue weighted by atomic mass is 16.5. The van der Waals surface area contributed by atoms with Gasteiger partial charge in [-0.25, -0.2) is 0 Å². The van der Waals surface area contributed by atoms with Gasteiger partial charge in [-0.1, -0.05) is 37.3 Å². The molecule has 3 aromatic carbocycles. The molecule has 3 atom stereocenters. The molecule has 4 aromatic rings. The largest absolute Gasteiger partial charge is 0.508 e. The van der Waals surface area contributed by atoms with Crippen LogP contribution in [-0.2, 0) is 0 Å². The van der Waals surface area contributed by atoms with Gasteiger partial charge in [0.15, 0.2) is 0 Å². The summed E-state index contributed by atoms with van der Waals surface area (Å²) in [5.74, 6) is 2.59. The molecule has 1 fully saturated rings. The van der Waals surface area contributed by atoms with Crippen LogP contribution in [0.5, 0.6) is 17.2 Å². The van der Waals surface area contributed by atoms with E-state index in [1.807, 2.05) is 30.3 Å². The summed E-state index contributed by atoms with van der Waals surface area (Å²) in [5.41, 5.74) is 6.87. The van der Waals surface area contributed by atoms with E-state index >= 15 is 0 Å². The van der Waals surface area contributed by atoms with Crippen LogP contribution in [0.15, 0.2) is 85.3 Å². The summed E-state index contributed by atoms with van der Waals surface area (Å²) in [6, 6.07) is 22.2. The molecule has 0 aliphatic carbocycles.